The van der Waals surface area contributed by atoms with E-state index in [4.69, 9.17) is 0 Å². The highest BCUT2D eigenvalue weighted by molar-refractivity contribution is 9.10. The zero-order valence-corrected chi connectivity index (χ0v) is 12.4. The predicted octanol–water partition coefficient (Wildman–Crippen LogP) is 5.21. The van der Waals surface area contributed by atoms with Crippen LogP contribution in [0.5, 0.6) is 0 Å². The first-order valence-electron chi connectivity index (χ1n) is 5.37. The minimum atomic E-state index is -4.83. The fraction of sp³-hybridized carbons (Fsp3) is 0.154. The standard InChI is InChI=1S/C13H7BrF4OS/c1-6-4-9(14)12(20-6)11(19)7-2-3-10(15)8(5-7)13(16,17)18/h2-5H,1H3. The summed E-state index contributed by atoms with van der Waals surface area (Å²) >= 11 is 4.34. The average molecular weight is 367 g/mol. The van der Waals surface area contributed by atoms with Gasteiger partial charge < -0.3 is 0 Å². The minimum Gasteiger partial charge on any atom is -0.288 e. The molecular formula is C13H7BrF4OS. The van der Waals surface area contributed by atoms with Gasteiger partial charge >= 0.3 is 6.18 Å². The molecule has 2 rings (SSSR count). The van der Waals surface area contributed by atoms with Crippen molar-refractivity contribution in [3.8, 4) is 0 Å². The molecule has 0 N–H and O–H groups in total. The third-order valence-electron chi connectivity index (χ3n) is 2.55. The number of thiophene rings is 1. The molecule has 0 radical (unpaired) electrons. The van der Waals surface area contributed by atoms with Crippen molar-refractivity contribution in [1.29, 1.82) is 0 Å². The number of alkyl halides is 3. The van der Waals surface area contributed by atoms with E-state index in [1.807, 2.05) is 0 Å². The van der Waals surface area contributed by atoms with Crippen LogP contribution in [0, 0.1) is 12.7 Å². The van der Waals surface area contributed by atoms with Crippen molar-refractivity contribution in [3.05, 3.63) is 55.4 Å². The molecule has 0 atom stereocenters. The Hall–Kier alpha value is -1.21. The molecule has 0 saturated heterocycles. The Morgan fingerprint density at radius 2 is 1.90 bits per heavy atom. The van der Waals surface area contributed by atoms with Gasteiger partial charge in [0.05, 0.1) is 10.4 Å². The van der Waals surface area contributed by atoms with E-state index in [0.29, 0.717) is 21.5 Å². The lowest BCUT2D eigenvalue weighted by Gasteiger charge is -2.09. The van der Waals surface area contributed by atoms with E-state index in [-0.39, 0.29) is 5.56 Å². The first kappa shape index (κ1) is 15.2. The Labute approximate surface area is 124 Å². The normalized spacial score (nSPS) is 11.7. The van der Waals surface area contributed by atoms with Gasteiger partial charge in [-0.1, -0.05) is 0 Å². The number of hydrogen-bond donors (Lipinski definition) is 0. The Bertz CT molecular complexity index is 675. The molecule has 0 spiro atoms. The van der Waals surface area contributed by atoms with Gasteiger partial charge in [-0.3, -0.25) is 4.79 Å². The lowest BCUT2D eigenvalue weighted by molar-refractivity contribution is -0.140. The quantitative estimate of drug-likeness (QED) is 0.526. The molecule has 20 heavy (non-hydrogen) atoms. The molecule has 1 nitrogen and oxygen atoms in total. The smallest absolute Gasteiger partial charge is 0.288 e. The van der Waals surface area contributed by atoms with Gasteiger partial charge in [0.25, 0.3) is 0 Å². The van der Waals surface area contributed by atoms with Gasteiger partial charge in [-0.05, 0) is 47.1 Å². The topological polar surface area (TPSA) is 17.1 Å². The van der Waals surface area contributed by atoms with Crippen LogP contribution in [0.2, 0.25) is 0 Å². The molecule has 1 aromatic carbocycles. The van der Waals surface area contributed by atoms with E-state index in [0.717, 1.165) is 22.3 Å². The second-order valence-corrected chi connectivity index (χ2v) is 6.17. The van der Waals surface area contributed by atoms with Crippen molar-refractivity contribution in [3.63, 3.8) is 0 Å². The van der Waals surface area contributed by atoms with Gasteiger partial charge in [0.2, 0.25) is 5.78 Å². The average Bonchev–Trinajstić information content (AvgIpc) is 2.66. The van der Waals surface area contributed by atoms with Crippen molar-refractivity contribution in [2.45, 2.75) is 13.1 Å². The van der Waals surface area contributed by atoms with Crippen LogP contribution in [-0.4, -0.2) is 5.78 Å². The number of hydrogen-bond acceptors (Lipinski definition) is 2. The van der Waals surface area contributed by atoms with Crippen LogP contribution in [0.4, 0.5) is 17.6 Å². The summed E-state index contributed by atoms with van der Waals surface area (Å²) in [6.45, 7) is 1.78. The first-order valence-corrected chi connectivity index (χ1v) is 6.98. The van der Waals surface area contributed by atoms with Crippen molar-refractivity contribution >= 4 is 33.0 Å². The molecule has 0 fully saturated rings. The van der Waals surface area contributed by atoms with E-state index in [1.54, 1.807) is 13.0 Å². The highest BCUT2D eigenvalue weighted by atomic mass is 79.9. The summed E-state index contributed by atoms with van der Waals surface area (Å²) in [5, 5.41) is 0. The molecule has 1 heterocycles. The number of halogens is 5. The molecule has 0 bridgehead atoms. The highest BCUT2D eigenvalue weighted by Gasteiger charge is 2.35. The van der Waals surface area contributed by atoms with E-state index in [1.165, 1.54) is 0 Å². The monoisotopic (exact) mass is 366 g/mol. The molecule has 1 aromatic heterocycles. The summed E-state index contributed by atoms with van der Waals surface area (Å²) < 4.78 is 51.6. The predicted molar refractivity (Wildman–Crippen MR) is 71.6 cm³/mol. The summed E-state index contributed by atoms with van der Waals surface area (Å²) in [7, 11) is 0. The van der Waals surface area contributed by atoms with Gasteiger partial charge in [-0.2, -0.15) is 13.2 Å². The molecule has 0 aliphatic heterocycles. The van der Waals surface area contributed by atoms with Crippen LogP contribution < -0.4 is 0 Å². The molecule has 0 aliphatic carbocycles. The number of ketones is 1. The van der Waals surface area contributed by atoms with Gasteiger partial charge in [-0.25, -0.2) is 4.39 Å². The second kappa shape index (κ2) is 5.29. The third kappa shape index (κ3) is 2.93. The van der Waals surface area contributed by atoms with Gasteiger partial charge in [0.1, 0.15) is 5.82 Å². The van der Waals surface area contributed by atoms with Crippen LogP contribution >= 0.6 is 27.3 Å². The van der Waals surface area contributed by atoms with E-state index >= 15 is 0 Å². The van der Waals surface area contributed by atoms with Crippen LogP contribution in [0.1, 0.15) is 25.7 Å². The highest BCUT2D eigenvalue weighted by Crippen LogP contribution is 2.34. The summed E-state index contributed by atoms with van der Waals surface area (Å²) in [5.74, 6) is -1.96. The maximum absolute atomic E-state index is 13.2. The lowest BCUT2D eigenvalue weighted by atomic mass is 10.1. The molecule has 2 aromatic rings. The zero-order valence-electron chi connectivity index (χ0n) is 10.0. The van der Waals surface area contributed by atoms with E-state index in [2.05, 4.69) is 15.9 Å². The second-order valence-electron chi connectivity index (χ2n) is 4.06. The molecule has 106 valence electrons. The summed E-state index contributed by atoms with van der Waals surface area (Å²) in [6, 6.07) is 3.95. The Kier molecular flexibility index (Phi) is 4.02. The van der Waals surface area contributed by atoms with Gasteiger partial charge in [-0.15, -0.1) is 11.3 Å². The summed E-state index contributed by atoms with van der Waals surface area (Å²) in [5.41, 5.74) is -1.63. The Morgan fingerprint density at radius 3 is 2.40 bits per heavy atom. The SMILES string of the molecule is Cc1cc(Br)c(C(=O)c2ccc(F)c(C(F)(F)F)c2)s1. The third-order valence-corrected chi connectivity index (χ3v) is 4.49. The number of carbonyl (C=O) groups is 1. The fourth-order valence-electron chi connectivity index (χ4n) is 1.65. The molecular weight excluding hydrogens is 360 g/mol. The maximum atomic E-state index is 13.2. The molecule has 7 heteroatoms. The van der Waals surface area contributed by atoms with Gasteiger partial charge in [0, 0.05) is 14.9 Å². The molecule has 0 aliphatic rings. The summed E-state index contributed by atoms with van der Waals surface area (Å²) in [4.78, 5) is 13.3. The van der Waals surface area contributed by atoms with Crippen LogP contribution in [0.3, 0.4) is 0 Å². The Morgan fingerprint density at radius 1 is 1.25 bits per heavy atom. The van der Waals surface area contributed by atoms with Gasteiger partial charge in [0.15, 0.2) is 0 Å². The van der Waals surface area contributed by atoms with Crippen LogP contribution in [0.25, 0.3) is 0 Å². The number of aryl methyl sites for hydroxylation is 1. The fourth-order valence-corrected chi connectivity index (χ4v) is 3.44. The number of rotatable bonds is 2. The van der Waals surface area contributed by atoms with Crippen molar-refractivity contribution in [2.75, 3.05) is 0 Å². The van der Waals surface area contributed by atoms with Crippen molar-refractivity contribution in [1.82, 2.24) is 0 Å². The van der Waals surface area contributed by atoms with Crippen molar-refractivity contribution < 1.29 is 22.4 Å². The van der Waals surface area contributed by atoms with E-state index < -0.39 is 23.3 Å². The van der Waals surface area contributed by atoms with E-state index in [9.17, 15) is 22.4 Å². The number of benzene rings is 1. The van der Waals surface area contributed by atoms with Crippen molar-refractivity contribution in [2.24, 2.45) is 0 Å². The first-order chi connectivity index (χ1) is 9.20. The molecule has 0 unspecified atom stereocenters. The molecule has 0 amide bonds. The Balaban J connectivity index is 2.49. The molecule has 0 saturated carbocycles. The zero-order chi connectivity index (χ0) is 15.1. The largest absolute Gasteiger partial charge is 0.419 e. The number of carbonyl (C=O) groups excluding carboxylic acids is 1. The minimum absolute atomic E-state index is 0.193. The van der Waals surface area contributed by atoms with Crippen LogP contribution in [0.15, 0.2) is 28.7 Å². The summed E-state index contributed by atoms with van der Waals surface area (Å²) in [6.07, 6.45) is -4.83. The maximum Gasteiger partial charge on any atom is 0.419 e. The lowest BCUT2D eigenvalue weighted by Crippen LogP contribution is -2.10. The van der Waals surface area contributed by atoms with Crippen LogP contribution in [-0.2, 0) is 6.18 Å².